The molecule has 1 saturated heterocycles. The van der Waals surface area contributed by atoms with E-state index in [0.29, 0.717) is 30.5 Å². The maximum atomic E-state index is 13.4. The zero-order valence-electron chi connectivity index (χ0n) is 21.3. The summed E-state index contributed by atoms with van der Waals surface area (Å²) in [7, 11) is 3.25. The van der Waals surface area contributed by atoms with Crippen LogP contribution in [0, 0.1) is 10.1 Å². The number of methoxy groups -OCH3 is 2. The molecule has 2 aromatic rings. The van der Waals surface area contributed by atoms with E-state index < -0.39 is 0 Å². The van der Waals surface area contributed by atoms with Gasteiger partial charge in [0.05, 0.1) is 25.6 Å². The van der Waals surface area contributed by atoms with Crippen LogP contribution in [0.15, 0.2) is 36.4 Å². The van der Waals surface area contributed by atoms with Gasteiger partial charge in [0.2, 0.25) is 5.91 Å². The highest BCUT2D eigenvalue weighted by atomic mass is 35.5. The van der Waals surface area contributed by atoms with E-state index in [1.165, 1.54) is 6.42 Å². The average molecular weight is 518 g/mol. The molecule has 1 amide bonds. The van der Waals surface area contributed by atoms with Crippen molar-refractivity contribution in [2.45, 2.75) is 57.5 Å². The quantitative estimate of drug-likeness (QED) is 0.380. The Morgan fingerprint density at radius 2 is 1.72 bits per heavy atom. The van der Waals surface area contributed by atoms with Crippen molar-refractivity contribution in [2.75, 3.05) is 33.9 Å². The van der Waals surface area contributed by atoms with E-state index in [0.717, 1.165) is 55.5 Å². The molecule has 36 heavy (non-hydrogen) atoms. The first kappa shape index (κ1) is 27.7. The number of benzene rings is 2. The smallest absolute Gasteiger partial charge is 0.269 e. The predicted octanol–water partition coefficient (Wildman–Crippen LogP) is 4.45. The van der Waals surface area contributed by atoms with Gasteiger partial charge in [-0.3, -0.25) is 19.8 Å². The van der Waals surface area contributed by atoms with Gasteiger partial charge in [-0.15, -0.1) is 12.4 Å². The highest BCUT2D eigenvalue weighted by molar-refractivity contribution is 5.85. The van der Waals surface area contributed by atoms with Gasteiger partial charge >= 0.3 is 0 Å². The van der Waals surface area contributed by atoms with Crippen molar-refractivity contribution in [1.82, 2.24) is 9.80 Å². The molecule has 2 aliphatic heterocycles. The average Bonchev–Trinajstić information content (AvgIpc) is 3.04. The second kappa shape index (κ2) is 12.4. The highest BCUT2D eigenvalue weighted by Crippen LogP contribution is 2.33. The monoisotopic (exact) mass is 517 g/mol. The zero-order valence-corrected chi connectivity index (χ0v) is 22.1. The fourth-order valence-corrected chi connectivity index (χ4v) is 5.53. The summed E-state index contributed by atoms with van der Waals surface area (Å²) in [5.74, 6) is 1.51. The number of nitro benzene ring substituents is 1. The molecule has 2 atom stereocenters. The number of amides is 1. The minimum Gasteiger partial charge on any atom is -0.493 e. The number of halogens is 1. The van der Waals surface area contributed by atoms with Gasteiger partial charge in [-0.25, -0.2) is 0 Å². The van der Waals surface area contributed by atoms with Gasteiger partial charge in [0.15, 0.2) is 11.5 Å². The van der Waals surface area contributed by atoms with E-state index in [9.17, 15) is 14.9 Å². The fraction of sp³-hybridized carbons (Fsp3) is 0.519. The van der Waals surface area contributed by atoms with Gasteiger partial charge in [-0.05, 0) is 68.0 Å². The molecule has 0 spiro atoms. The van der Waals surface area contributed by atoms with Gasteiger partial charge in [0, 0.05) is 37.3 Å². The first-order chi connectivity index (χ1) is 16.9. The number of nitrogens with zero attached hydrogens (tertiary/aromatic N) is 3. The minimum atomic E-state index is -0.366. The Labute approximate surface area is 219 Å². The Bertz CT molecular complexity index is 1060. The van der Waals surface area contributed by atoms with Crippen molar-refractivity contribution >= 4 is 24.0 Å². The Morgan fingerprint density at radius 1 is 1.06 bits per heavy atom. The molecule has 0 aliphatic carbocycles. The van der Waals surface area contributed by atoms with Crippen molar-refractivity contribution in [2.24, 2.45) is 0 Å². The summed E-state index contributed by atoms with van der Waals surface area (Å²) in [5, 5.41) is 10.9. The molecule has 0 bridgehead atoms. The van der Waals surface area contributed by atoms with E-state index in [2.05, 4.69) is 16.7 Å². The molecule has 2 aromatic carbocycles. The molecular weight excluding hydrogens is 482 g/mol. The lowest BCUT2D eigenvalue weighted by Gasteiger charge is -2.43. The Balaban J connectivity index is 0.00000361. The summed E-state index contributed by atoms with van der Waals surface area (Å²) in [6, 6.07) is 11.2. The van der Waals surface area contributed by atoms with Crippen LogP contribution in [0.2, 0.25) is 0 Å². The number of fused-ring (bicyclic) bond motifs is 1. The van der Waals surface area contributed by atoms with Crippen molar-refractivity contribution in [3.63, 3.8) is 0 Å². The topological polar surface area (TPSA) is 85.2 Å². The van der Waals surface area contributed by atoms with Crippen LogP contribution in [0.5, 0.6) is 11.5 Å². The van der Waals surface area contributed by atoms with Crippen LogP contribution in [-0.2, 0) is 24.1 Å². The molecule has 196 valence electrons. The number of carbonyl (C=O) groups is 1. The third kappa shape index (κ3) is 6.10. The lowest BCUT2D eigenvalue weighted by molar-refractivity contribution is -0.384. The highest BCUT2D eigenvalue weighted by Gasteiger charge is 2.34. The summed E-state index contributed by atoms with van der Waals surface area (Å²) in [6.07, 6.45) is 5.39. The maximum Gasteiger partial charge on any atom is 0.269 e. The number of hydrogen-bond donors (Lipinski definition) is 0. The lowest BCUT2D eigenvalue weighted by Crippen LogP contribution is -2.54. The number of rotatable bonds is 8. The molecular formula is C27H36ClN3O5. The normalized spacial score (nSPS) is 19.0. The van der Waals surface area contributed by atoms with E-state index in [-0.39, 0.29) is 35.0 Å². The van der Waals surface area contributed by atoms with E-state index in [4.69, 9.17) is 9.47 Å². The standard InChI is InChI=1S/C27H35N3O5.ClH/c1-19(29-15-12-21-16-25(34-2)26(35-3)17-22(21)18-27(29)31)24-6-4-5-13-28(24)14-11-20-7-9-23(10-8-20)30(32)33;/h7-10,16-17,19,24H,4-6,11-15,18H2,1-3H3;1H. The van der Waals surface area contributed by atoms with Crippen molar-refractivity contribution in [1.29, 1.82) is 0 Å². The summed E-state index contributed by atoms with van der Waals surface area (Å²) in [5.41, 5.74) is 3.37. The summed E-state index contributed by atoms with van der Waals surface area (Å²) < 4.78 is 10.9. The van der Waals surface area contributed by atoms with Crippen molar-refractivity contribution in [3.05, 3.63) is 63.2 Å². The molecule has 1 fully saturated rings. The molecule has 4 rings (SSSR count). The molecule has 9 heteroatoms. The minimum absolute atomic E-state index is 0. The van der Waals surface area contributed by atoms with Gasteiger partial charge in [-0.1, -0.05) is 18.6 Å². The summed E-state index contributed by atoms with van der Waals surface area (Å²) in [4.78, 5) is 28.5. The molecule has 2 heterocycles. The number of likely N-dealkylation sites (tertiary alicyclic amines) is 1. The number of hydrogen-bond acceptors (Lipinski definition) is 6. The van der Waals surface area contributed by atoms with Crippen molar-refractivity contribution < 1.29 is 19.2 Å². The Kier molecular flexibility index (Phi) is 9.56. The maximum absolute atomic E-state index is 13.4. The van der Waals surface area contributed by atoms with Gasteiger partial charge in [0.1, 0.15) is 0 Å². The van der Waals surface area contributed by atoms with Crippen LogP contribution in [0.3, 0.4) is 0 Å². The van der Waals surface area contributed by atoms with Crippen LogP contribution in [0.25, 0.3) is 0 Å². The summed E-state index contributed by atoms with van der Waals surface area (Å²) >= 11 is 0. The van der Waals surface area contributed by atoms with Crippen LogP contribution in [-0.4, -0.2) is 66.6 Å². The fourth-order valence-electron chi connectivity index (χ4n) is 5.53. The van der Waals surface area contributed by atoms with Crippen LogP contribution < -0.4 is 9.47 Å². The molecule has 0 aromatic heterocycles. The Hall–Kier alpha value is -2.84. The van der Waals surface area contributed by atoms with Crippen molar-refractivity contribution in [3.8, 4) is 11.5 Å². The van der Waals surface area contributed by atoms with E-state index >= 15 is 0 Å². The molecule has 0 radical (unpaired) electrons. The molecule has 8 nitrogen and oxygen atoms in total. The van der Waals surface area contributed by atoms with E-state index in [1.54, 1.807) is 26.4 Å². The third-order valence-electron chi connectivity index (χ3n) is 7.54. The second-order valence-electron chi connectivity index (χ2n) is 9.50. The SMILES string of the molecule is COc1cc2c(cc1OC)CC(=O)N(C(C)C1CCCCN1CCc1ccc([N+](=O)[O-])cc1)CC2.Cl. The van der Waals surface area contributed by atoms with E-state index in [1.807, 2.05) is 24.3 Å². The Morgan fingerprint density at radius 3 is 2.36 bits per heavy atom. The van der Waals surface area contributed by atoms with Gasteiger partial charge in [0.25, 0.3) is 5.69 Å². The summed E-state index contributed by atoms with van der Waals surface area (Å²) in [6.45, 7) is 4.77. The van der Waals surface area contributed by atoms with Gasteiger partial charge in [-0.2, -0.15) is 0 Å². The number of ether oxygens (including phenoxy) is 2. The number of carbonyl (C=O) groups excluding carboxylic acids is 1. The largest absolute Gasteiger partial charge is 0.493 e. The first-order valence-corrected chi connectivity index (χ1v) is 12.4. The number of nitro groups is 1. The number of piperidine rings is 1. The van der Waals surface area contributed by atoms with Crippen LogP contribution in [0.4, 0.5) is 5.69 Å². The molecule has 0 N–H and O–H groups in total. The lowest BCUT2D eigenvalue weighted by atomic mass is 9.94. The first-order valence-electron chi connectivity index (χ1n) is 12.4. The zero-order chi connectivity index (χ0) is 24.9. The molecule has 2 aliphatic rings. The van der Waals surface area contributed by atoms with Crippen LogP contribution >= 0.6 is 12.4 Å². The molecule has 2 unspecified atom stereocenters. The molecule has 0 saturated carbocycles. The second-order valence-corrected chi connectivity index (χ2v) is 9.50. The predicted molar refractivity (Wildman–Crippen MR) is 141 cm³/mol. The number of non-ortho nitro benzene ring substituents is 1. The third-order valence-corrected chi connectivity index (χ3v) is 7.54. The van der Waals surface area contributed by atoms with Crippen LogP contribution in [0.1, 0.15) is 42.9 Å². The van der Waals surface area contributed by atoms with Gasteiger partial charge < -0.3 is 14.4 Å².